The minimum atomic E-state index is -4.35. The third-order valence-electron chi connectivity index (χ3n) is 1.76. The summed E-state index contributed by atoms with van der Waals surface area (Å²) in [7, 11) is 0. The zero-order valence-electron chi connectivity index (χ0n) is 8.24. The number of halogens is 3. The third kappa shape index (κ3) is 7.70. The molecule has 0 fully saturated rings. The molecule has 0 aliphatic rings. The molecule has 0 unspecified atom stereocenters. The maximum absolute atomic E-state index is 11.6. The van der Waals surface area contributed by atoms with Crippen LogP contribution in [0.3, 0.4) is 0 Å². The molecule has 0 spiro atoms. The largest absolute Gasteiger partial charge is 0.405 e. The fraction of sp³-hybridized carbons (Fsp3) is 0.875. The first kappa shape index (κ1) is 13.1. The summed E-state index contributed by atoms with van der Waals surface area (Å²) in [5, 5.41) is 4.08. The molecule has 3 nitrogen and oxygen atoms in total. The van der Waals surface area contributed by atoms with E-state index in [0.29, 0.717) is 6.54 Å². The van der Waals surface area contributed by atoms with E-state index in [1.807, 2.05) is 13.8 Å². The van der Waals surface area contributed by atoms with Crippen LogP contribution in [0.15, 0.2) is 0 Å². The Morgan fingerprint density at radius 3 is 2.36 bits per heavy atom. The number of alkyl halides is 3. The smallest absolute Gasteiger partial charge is 0.338 e. The van der Waals surface area contributed by atoms with Crippen LogP contribution < -0.4 is 10.6 Å². The van der Waals surface area contributed by atoms with E-state index in [0.717, 1.165) is 6.42 Å². The standard InChI is InChI=1S/C8H15F3N2O/c1-3-6(2)4-12-7(14)13-5-8(9,10)11/h6H,3-5H2,1-2H3,(H2,12,13,14)/t6-/m1/s1. The van der Waals surface area contributed by atoms with Gasteiger partial charge in [-0.3, -0.25) is 0 Å². The van der Waals surface area contributed by atoms with Crippen LogP contribution in [-0.4, -0.2) is 25.3 Å². The summed E-state index contributed by atoms with van der Waals surface area (Å²) in [6, 6.07) is -0.775. The van der Waals surface area contributed by atoms with Gasteiger partial charge in [0.1, 0.15) is 6.54 Å². The molecule has 0 saturated carbocycles. The first-order chi connectivity index (χ1) is 6.35. The van der Waals surface area contributed by atoms with Crippen molar-refractivity contribution in [2.24, 2.45) is 5.92 Å². The first-order valence-corrected chi connectivity index (χ1v) is 4.43. The molecule has 0 rings (SSSR count). The van der Waals surface area contributed by atoms with Crippen molar-refractivity contribution < 1.29 is 18.0 Å². The fourth-order valence-corrected chi connectivity index (χ4v) is 0.654. The number of hydrogen-bond acceptors (Lipinski definition) is 1. The predicted octanol–water partition coefficient (Wildman–Crippen LogP) is 1.89. The van der Waals surface area contributed by atoms with Crippen molar-refractivity contribution in [3.05, 3.63) is 0 Å². The molecule has 0 aromatic heterocycles. The van der Waals surface area contributed by atoms with Gasteiger partial charge in [-0.15, -0.1) is 0 Å². The maximum Gasteiger partial charge on any atom is 0.405 e. The Hall–Kier alpha value is -0.940. The van der Waals surface area contributed by atoms with Gasteiger partial charge in [-0.25, -0.2) is 4.79 Å². The predicted molar refractivity (Wildman–Crippen MR) is 46.9 cm³/mol. The quantitative estimate of drug-likeness (QED) is 0.734. The van der Waals surface area contributed by atoms with Crippen LogP contribution in [0.25, 0.3) is 0 Å². The van der Waals surface area contributed by atoms with Gasteiger partial charge in [0.05, 0.1) is 0 Å². The molecule has 2 N–H and O–H groups in total. The summed E-state index contributed by atoms with van der Waals surface area (Å²) in [5.41, 5.74) is 0. The van der Waals surface area contributed by atoms with Gasteiger partial charge < -0.3 is 10.6 Å². The van der Waals surface area contributed by atoms with Crippen LogP contribution >= 0.6 is 0 Å². The lowest BCUT2D eigenvalue weighted by molar-refractivity contribution is -0.122. The van der Waals surface area contributed by atoms with E-state index in [1.54, 1.807) is 5.32 Å². The SMILES string of the molecule is CC[C@@H](C)CNC(=O)NCC(F)(F)F. The third-order valence-corrected chi connectivity index (χ3v) is 1.76. The summed E-state index contributed by atoms with van der Waals surface area (Å²) in [6.07, 6.45) is -3.48. The Bertz CT molecular complexity index is 182. The van der Waals surface area contributed by atoms with Gasteiger partial charge in [-0.05, 0) is 5.92 Å². The Balaban J connectivity index is 3.57. The molecule has 0 heterocycles. The highest BCUT2D eigenvalue weighted by Crippen LogP contribution is 2.11. The topological polar surface area (TPSA) is 41.1 Å². The van der Waals surface area contributed by atoms with E-state index in [4.69, 9.17) is 0 Å². The number of carbonyl (C=O) groups excluding carboxylic acids is 1. The normalized spacial score (nSPS) is 13.5. The van der Waals surface area contributed by atoms with Crippen LogP contribution in [0.2, 0.25) is 0 Å². The molecule has 0 aromatic carbocycles. The highest BCUT2D eigenvalue weighted by Gasteiger charge is 2.27. The second-order valence-electron chi connectivity index (χ2n) is 3.19. The zero-order valence-corrected chi connectivity index (χ0v) is 8.24. The molecule has 0 saturated heterocycles. The Morgan fingerprint density at radius 1 is 1.36 bits per heavy atom. The second-order valence-corrected chi connectivity index (χ2v) is 3.19. The molecule has 14 heavy (non-hydrogen) atoms. The highest BCUT2D eigenvalue weighted by molar-refractivity contribution is 5.73. The summed E-state index contributed by atoms with van der Waals surface area (Å²) in [6.45, 7) is 2.95. The summed E-state index contributed by atoms with van der Waals surface area (Å²) in [4.78, 5) is 10.8. The highest BCUT2D eigenvalue weighted by atomic mass is 19.4. The number of hydrogen-bond donors (Lipinski definition) is 2. The molecule has 1 atom stereocenters. The van der Waals surface area contributed by atoms with Gasteiger partial charge in [0.2, 0.25) is 0 Å². The summed E-state index contributed by atoms with van der Waals surface area (Å²) < 4.78 is 34.9. The van der Waals surface area contributed by atoms with Crippen molar-refractivity contribution in [3.8, 4) is 0 Å². The number of rotatable bonds is 4. The van der Waals surface area contributed by atoms with Gasteiger partial charge in [-0.1, -0.05) is 20.3 Å². The number of nitrogens with one attached hydrogen (secondary N) is 2. The van der Waals surface area contributed by atoms with Gasteiger partial charge in [0.15, 0.2) is 0 Å². The molecular formula is C8H15F3N2O. The minimum absolute atomic E-state index is 0.270. The van der Waals surface area contributed by atoms with Crippen LogP contribution in [0, 0.1) is 5.92 Å². The van der Waals surface area contributed by atoms with E-state index < -0.39 is 18.8 Å². The van der Waals surface area contributed by atoms with E-state index in [9.17, 15) is 18.0 Å². The summed E-state index contributed by atoms with van der Waals surface area (Å²) >= 11 is 0. The average molecular weight is 212 g/mol. The fourth-order valence-electron chi connectivity index (χ4n) is 0.654. The van der Waals surface area contributed by atoms with Crippen molar-refractivity contribution in [3.63, 3.8) is 0 Å². The van der Waals surface area contributed by atoms with Crippen molar-refractivity contribution in [1.82, 2.24) is 10.6 Å². The lowest BCUT2D eigenvalue weighted by atomic mass is 10.1. The average Bonchev–Trinajstić information content (AvgIpc) is 2.09. The maximum atomic E-state index is 11.6. The Labute approximate surface area is 81.1 Å². The van der Waals surface area contributed by atoms with Gasteiger partial charge in [-0.2, -0.15) is 13.2 Å². The molecule has 0 aliphatic carbocycles. The minimum Gasteiger partial charge on any atom is -0.338 e. The molecule has 0 aromatic rings. The van der Waals surface area contributed by atoms with Crippen LogP contribution in [0.1, 0.15) is 20.3 Å². The number of carbonyl (C=O) groups is 1. The molecule has 84 valence electrons. The molecule has 2 amide bonds. The van der Waals surface area contributed by atoms with Crippen LogP contribution in [-0.2, 0) is 0 Å². The monoisotopic (exact) mass is 212 g/mol. The summed E-state index contributed by atoms with van der Waals surface area (Å²) in [5.74, 6) is 0.270. The van der Waals surface area contributed by atoms with E-state index >= 15 is 0 Å². The first-order valence-electron chi connectivity index (χ1n) is 4.43. The van der Waals surface area contributed by atoms with Crippen LogP contribution in [0.5, 0.6) is 0 Å². The number of urea groups is 1. The zero-order chi connectivity index (χ0) is 11.2. The van der Waals surface area contributed by atoms with Crippen LogP contribution in [0.4, 0.5) is 18.0 Å². The Kier molecular flexibility index (Phi) is 5.34. The van der Waals surface area contributed by atoms with Gasteiger partial charge in [0, 0.05) is 6.54 Å². The molecule has 0 radical (unpaired) electrons. The van der Waals surface area contributed by atoms with Gasteiger partial charge in [0.25, 0.3) is 0 Å². The molecule has 6 heteroatoms. The van der Waals surface area contributed by atoms with E-state index in [1.165, 1.54) is 0 Å². The van der Waals surface area contributed by atoms with E-state index in [2.05, 4.69) is 5.32 Å². The molecular weight excluding hydrogens is 197 g/mol. The van der Waals surface area contributed by atoms with Crippen molar-refractivity contribution in [1.29, 1.82) is 0 Å². The lowest BCUT2D eigenvalue weighted by Gasteiger charge is -2.12. The number of amides is 2. The second kappa shape index (κ2) is 5.72. The Morgan fingerprint density at radius 2 is 1.93 bits per heavy atom. The van der Waals surface area contributed by atoms with Crippen molar-refractivity contribution >= 4 is 6.03 Å². The molecule has 0 bridgehead atoms. The van der Waals surface area contributed by atoms with E-state index in [-0.39, 0.29) is 5.92 Å². The van der Waals surface area contributed by atoms with Gasteiger partial charge >= 0.3 is 12.2 Å². The lowest BCUT2D eigenvalue weighted by Crippen LogP contribution is -2.42. The van der Waals surface area contributed by atoms with Crippen molar-refractivity contribution in [2.75, 3.05) is 13.1 Å². The van der Waals surface area contributed by atoms with Crippen molar-refractivity contribution in [2.45, 2.75) is 26.4 Å². The molecule has 0 aliphatic heterocycles.